The van der Waals surface area contributed by atoms with Gasteiger partial charge in [0.2, 0.25) is 0 Å². The molecule has 1 amide bonds. The number of benzene rings is 1. The quantitative estimate of drug-likeness (QED) is 0.847. The molecule has 2 aromatic rings. The smallest absolute Gasteiger partial charge is 0.339 e. The van der Waals surface area contributed by atoms with Crippen molar-refractivity contribution in [2.45, 2.75) is 51.3 Å². The molecule has 4 rings (SSSR count). The van der Waals surface area contributed by atoms with Gasteiger partial charge < -0.3 is 14.6 Å². The van der Waals surface area contributed by atoms with Crippen LogP contribution in [-0.4, -0.2) is 33.1 Å². The lowest BCUT2D eigenvalue weighted by atomic mass is 9.89. The Kier molecular flexibility index (Phi) is 3.63. The molecule has 25 heavy (non-hydrogen) atoms. The van der Waals surface area contributed by atoms with Crippen molar-refractivity contribution in [3.05, 3.63) is 53.1 Å². The number of hydrogen-bond acceptors (Lipinski definition) is 4. The third kappa shape index (κ3) is 2.81. The molecule has 0 aliphatic carbocycles. The number of hydrogen-bond donors (Lipinski definition) is 1. The minimum absolute atomic E-state index is 0.0151. The summed E-state index contributed by atoms with van der Waals surface area (Å²) < 4.78 is 7.60. The van der Waals surface area contributed by atoms with E-state index in [1.54, 1.807) is 19.1 Å². The average molecular weight is 339 g/mol. The average Bonchev–Trinajstić information content (AvgIpc) is 2.94. The molecule has 130 valence electrons. The largest absolute Gasteiger partial charge is 0.445 e. The van der Waals surface area contributed by atoms with Crippen LogP contribution in [0.5, 0.6) is 0 Å². The summed E-state index contributed by atoms with van der Waals surface area (Å²) in [4.78, 5) is 29.6. The Morgan fingerprint density at radius 3 is 3.04 bits per heavy atom. The molecule has 6 heteroatoms. The zero-order valence-corrected chi connectivity index (χ0v) is 14.4. The van der Waals surface area contributed by atoms with E-state index in [2.05, 4.69) is 14.9 Å². The van der Waals surface area contributed by atoms with Crippen molar-refractivity contribution in [2.24, 2.45) is 0 Å². The molecule has 2 aliphatic heterocycles. The molecule has 6 nitrogen and oxygen atoms in total. The summed E-state index contributed by atoms with van der Waals surface area (Å²) in [6, 6.07) is 7.30. The van der Waals surface area contributed by atoms with Crippen molar-refractivity contribution in [3.8, 4) is 0 Å². The molecule has 1 aromatic heterocycles. The van der Waals surface area contributed by atoms with Crippen molar-refractivity contribution in [1.29, 1.82) is 0 Å². The standard InChI is InChI=1S/C19H21N3O3/c1-12-10-22-11-14(7-8-16(22)20-12)21-18(24)19(2)9-13-5-3-4-6-15(13)17(23)25-19/h3-6,10,14H,7-9,11H2,1-2H3,(H,21,24). The fourth-order valence-corrected chi connectivity index (χ4v) is 3.70. The van der Waals surface area contributed by atoms with E-state index in [1.807, 2.05) is 25.3 Å². The predicted octanol–water partition coefficient (Wildman–Crippen LogP) is 1.79. The second-order valence-electron chi connectivity index (χ2n) is 7.11. The highest BCUT2D eigenvalue weighted by molar-refractivity contribution is 5.97. The predicted molar refractivity (Wildman–Crippen MR) is 91.2 cm³/mol. The second kappa shape index (κ2) is 5.72. The maximum Gasteiger partial charge on any atom is 0.339 e. The van der Waals surface area contributed by atoms with Gasteiger partial charge in [-0.05, 0) is 31.9 Å². The van der Waals surface area contributed by atoms with Crippen LogP contribution in [0.3, 0.4) is 0 Å². The number of carbonyl (C=O) groups excluding carboxylic acids is 2. The van der Waals surface area contributed by atoms with Crippen molar-refractivity contribution in [1.82, 2.24) is 14.9 Å². The Morgan fingerprint density at radius 1 is 1.40 bits per heavy atom. The highest BCUT2D eigenvalue weighted by Gasteiger charge is 2.43. The maximum absolute atomic E-state index is 12.8. The highest BCUT2D eigenvalue weighted by Crippen LogP contribution is 2.28. The van der Waals surface area contributed by atoms with Gasteiger partial charge in [-0.2, -0.15) is 0 Å². The van der Waals surface area contributed by atoms with Crippen LogP contribution in [0.15, 0.2) is 30.5 Å². The summed E-state index contributed by atoms with van der Waals surface area (Å²) in [6.45, 7) is 4.35. The molecule has 1 N–H and O–H groups in total. The molecule has 1 aromatic carbocycles. The fraction of sp³-hybridized carbons (Fsp3) is 0.421. The van der Waals surface area contributed by atoms with E-state index in [4.69, 9.17) is 4.74 Å². The molecule has 3 heterocycles. The minimum Gasteiger partial charge on any atom is -0.445 e. The first kappa shape index (κ1) is 15.9. The van der Waals surface area contributed by atoms with Crippen LogP contribution < -0.4 is 5.32 Å². The van der Waals surface area contributed by atoms with Crippen molar-refractivity contribution in [3.63, 3.8) is 0 Å². The molecule has 0 radical (unpaired) electrons. The summed E-state index contributed by atoms with van der Waals surface area (Å²) >= 11 is 0. The number of amides is 1. The van der Waals surface area contributed by atoms with Gasteiger partial charge in [-0.15, -0.1) is 0 Å². The number of imidazole rings is 1. The molecule has 2 atom stereocenters. The first-order chi connectivity index (χ1) is 11.9. The number of carbonyl (C=O) groups is 2. The maximum atomic E-state index is 12.8. The molecule has 0 saturated carbocycles. The number of nitrogens with zero attached hydrogens (tertiary/aromatic N) is 2. The van der Waals surface area contributed by atoms with E-state index in [0.29, 0.717) is 18.5 Å². The van der Waals surface area contributed by atoms with Crippen LogP contribution in [0.1, 0.15) is 40.8 Å². The lowest BCUT2D eigenvalue weighted by Crippen LogP contribution is -2.55. The third-order valence-electron chi connectivity index (χ3n) is 5.01. The Balaban J connectivity index is 1.49. The molecular weight excluding hydrogens is 318 g/mol. The van der Waals surface area contributed by atoms with E-state index in [0.717, 1.165) is 29.9 Å². The van der Waals surface area contributed by atoms with E-state index in [9.17, 15) is 9.59 Å². The van der Waals surface area contributed by atoms with Gasteiger partial charge in [-0.3, -0.25) is 4.79 Å². The van der Waals surface area contributed by atoms with Gasteiger partial charge in [-0.1, -0.05) is 18.2 Å². The molecular formula is C19H21N3O3. The van der Waals surface area contributed by atoms with Gasteiger partial charge in [0, 0.05) is 31.6 Å². The topological polar surface area (TPSA) is 73.2 Å². The van der Waals surface area contributed by atoms with Gasteiger partial charge >= 0.3 is 5.97 Å². The minimum atomic E-state index is -1.17. The van der Waals surface area contributed by atoms with Crippen molar-refractivity contribution >= 4 is 11.9 Å². The number of cyclic esters (lactones) is 1. The highest BCUT2D eigenvalue weighted by atomic mass is 16.6. The molecule has 0 bridgehead atoms. The Labute approximate surface area is 146 Å². The number of aromatic nitrogens is 2. The molecule has 0 fully saturated rings. The van der Waals surface area contributed by atoms with E-state index in [-0.39, 0.29) is 11.9 Å². The van der Waals surface area contributed by atoms with Crippen LogP contribution in [0.4, 0.5) is 0 Å². The molecule has 0 saturated heterocycles. The summed E-state index contributed by atoms with van der Waals surface area (Å²) in [5, 5.41) is 3.07. The second-order valence-corrected chi connectivity index (χ2v) is 7.11. The summed E-state index contributed by atoms with van der Waals surface area (Å²) in [5.41, 5.74) is 1.22. The summed E-state index contributed by atoms with van der Waals surface area (Å²) in [7, 11) is 0. The normalized spacial score (nSPS) is 24.9. The van der Waals surface area contributed by atoms with Gasteiger partial charge in [0.1, 0.15) is 5.82 Å². The molecule has 2 unspecified atom stereocenters. The number of ether oxygens (including phenoxy) is 1. The van der Waals surface area contributed by atoms with E-state index >= 15 is 0 Å². The number of esters is 1. The monoisotopic (exact) mass is 339 g/mol. The first-order valence-electron chi connectivity index (χ1n) is 8.59. The lowest BCUT2D eigenvalue weighted by Gasteiger charge is -2.35. The Morgan fingerprint density at radius 2 is 2.20 bits per heavy atom. The summed E-state index contributed by atoms with van der Waals surface area (Å²) in [5.74, 6) is 0.392. The van der Waals surface area contributed by atoms with Crippen molar-refractivity contribution < 1.29 is 14.3 Å². The van der Waals surface area contributed by atoms with Gasteiger partial charge in [-0.25, -0.2) is 9.78 Å². The van der Waals surface area contributed by atoms with Crippen LogP contribution in [-0.2, 0) is 28.9 Å². The van der Waals surface area contributed by atoms with Crippen LogP contribution in [0, 0.1) is 6.92 Å². The van der Waals surface area contributed by atoms with Crippen molar-refractivity contribution in [2.75, 3.05) is 0 Å². The first-order valence-corrected chi connectivity index (χ1v) is 8.59. The van der Waals surface area contributed by atoms with Crippen LogP contribution >= 0.6 is 0 Å². The van der Waals surface area contributed by atoms with Gasteiger partial charge in [0.25, 0.3) is 5.91 Å². The Hall–Kier alpha value is -2.63. The fourth-order valence-electron chi connectivity index (χ4n) is 3.70. The SMILES string of the molecule is Cc1cn2c(n1)CCC(NC(=O)C1(C)Cc3ccccc3C(=O)O1)C2. The third-order valence-corrected chi connectivity index (χ3v) is 5.01. The van der Waals surface area contributed by atoms with Gasteiger partial charge in [0.15, 0.2) is 5.60 Å². The number of rotatable bonds is 2. The van der Waals surface area contributed by atoms with Gasteiger partial charge in [0.05, 0.1) is 11.3 Å². The summed E-state index contributed by atoms with van der Waals surface area (Å²) in [6.07, 6.45) is 4.07. The number of nitrogens with one attached hydrogen (secondary N) is 1. The molecule has 0 spiro atoms. The molecule has 2 aliphatic rings. The van der Waals surface area contributed by atoms with Crippen LogP contribution in [0.2, 0.25) is 0 Å². The van der Waals surface area contributed by atoms with E-state index < -0.39 is 11.6 Å². The zero-order chi connectivity index (χ0) is 17.6. The van der Waals surface area contributed by atoms with Crippen LogP contribution in [0.25, 0.3) is 0 Å². The number of aryl methyl sites for hydroxylation is 2. The Bertz CT molecular complexity index is 857. The lowest BCUT2D eigenvalue weighted by molar-refractivity contribution is -0.140. The zero-order valence-electron chi connectivity index (χ0n) is 14.4. The number of fused-ring (bicyclic) bond motifs is 2. The van der Waals surface area contributed by atoms with E-state index in [1.165, 1.54) is 0 Å².